The Morgan fingerprint density at radius 1 is 1.50 bits per heavy atom. The number of hydrogen-bond acceptors (Lipinski definition) is 2. The van der Waals surface area contributed by atoms with Crippen LogP contribution in [-0.4, -0.2) is 11.8 Å². The molecule has 0 aliphatic carbocycles. The summed E-state index contributed by atoms with van der Waals surface area (Å²) < 4.78 is 4.89. The average molecular weight is 189 g/mol. The van der Waals surface area contributed by atoms with E-state index >= 15 is 0 Å². The van der Waals surface area contributed by atoms with Crippen molar-refractivity contribution in [1.29, 1.82) is 5.41 Å². The maximum Gasteiger partial charge on any atom is 0.214 e. The van der Waals surface area contributed by atoms with Crippen molar-refractivity contribution >= 4 is 24.2 Å². The number of rotatable bonds is 1. The minimum Gasteiger partial charge on any atom is -0.461 e. The second-order valence-corrected chi connectivity index (χ2v) is 1.86. The number of amidine groups is 1. The summed E-state index contributed by atoms with van der Waals surface area (Å²) in [5.74, 6) is 0.196. The zero-order chi connectivity index (χ0) is 8.27. The molecule has 5 nitrogen and oxygen atoms in total. The van der Waals surface area contributed by atoms with Gasteiger partial charge in [0.25, 0.3) is 0 Å². The summed E-state index contributed by atoms with van der Waals surface area (Å²) in [7, 11) is 0. The first-order chi connectivity index (χ1) is 5.20. The van der Waals surface area contributed by atoms with Gasteiger partial charge >= 0.3 is 0 Å². The highest BCUT2D eigenvalue weighted by atomic mass is 35.5. The predicted octanol–water partition coefficient (Wildman–Crippen LogP) is 0.300. The zero-order valence-corrected chi connectivity index (χ0v) is 6.97. The summed E-state index contributed by atoms with van der Waals surface area (Å²) in [4.78, 5) is 3.48. The molecule has 1 rings (SSSR count). The third kappa shape index (κ3) is 2.63. The first-order valence-corrected chi connectivity index (χ1v) is 2.92. The lowest BCUT2D eigenvalue weighted by Gasteiger charge is -1.92. The zero-order valence-electron chi connectivity index (χ0n) is 6.15. The molecule has 0 fully saturated rings. The van der Waals surface area contributed by atoms with Crippen LogP contribution in [0.5, 0.6) is 0 Å². The number of halogens is 1. The largest absolute Gasteiger partial charge is 0.461 e. The second-order valence-electron chi connectivity index (χ2n) is 1.86. The fourth-order valence-electron chi connectivity index (χ4n) is 0.609. The summed E-state index contributed by atoms with van der Waals surface area (Å²) in [5.41, 5.74) is 10.3. The van der Waals surface area contributed by atoms with E-state index in [-0.39, 0.29) is 24.2 Å². The number of furan rings is 1. The Kier molecular flexibility index (Phi) is 3.85. The van der Waals surface area contributed by atoms with Crippen molar-refractivity contribution in [2.75, 3.05) is 0 Å². The smallest absolute Gasteiger partial charge is 0.214 e. The van der Waals surface area contributed by atoms with Gasteiger partial charge in [0, 0.05) is 0 Å². The van der Waals surface area contributed by atoms with Crippen molar-refractivity contribution in [2.24, 2.45) is 16.5 Å². The van der Waals surface area contributed by atoms with E-state index in [4.69, 9.17) is 21.3 Å². The van der Waals surface area contributed by atoms with Crippen LogP contribution >= 0.6 is 12.4 Å². The van der Waals surface area contributed by atoms with E-state index in [0.717, 1.165) is 0 Å². The molecule has 0 aliphatic heterocycles. The number of nitrogens with zero attached hydrogens (tertiary/aromatic N) is 1. The Morgan fingerprint density at radius 3 is 2.58 bits per heavy atom. The van der Waals surface area contributed by atoms with Crippen molar-refractivity contribution in [1.82, 2.24) is 0 Å². The molecule has 0 atom stereocenters. The van der Waals surface area contributed by atoms with E-state index < -0.39 is 0 Å². The molecule has 1 aromatic rings. The molecular weight excluding hydrogens is 180 g/mol. The molecule has 66 valence electrons. The van der Waals surface area contributed by atoms with Gasteiger partial charge in [-0.25, -0.2) is 0 Å². The highest BCUT2D eigenvalue weighted by Gasteiger charge is 1.99. The number of hydrogen-bond donors (Lipinski definition) is 3. The van der Waals surface area contributed by atoms with Crippen molar-refractivity contribution in [3.8, 4) is 0 Å². The molecule has 0 aliphatic rings. The minimum absolute atomic E-state index is 0. The van der Waals surface area contributed by atoms with Crippen molar-refractivity contribution < 1.29 is 4.42 Å². The first kappa shape index (κ1) is 10.5. The molecule has 0 aromatic carbocycles. The SMILES string of the molecule is Cl.N=C(N)/N=C(\N)c1ccco1. The molecule has 0 radical (unpaired) electrons. The number of aliphatic imine (C=N–C) groups is 1. The number of nitrogens with one attached hydrogen (secondary N) is 1. The molecule has 1 aromatic heterocycles. The third-order valence-corrected chi connectivity index (χ3v) is 1.01. The van der Waals surface area contributed by atoms with Crippen molar-refractivity contribution in [3.63, 3.8) is 0 Å². The lowest BCUT2D eigenvalue weighted by atomic mass is 10.4. The lowest BCUT2D eigenvalue weighted by Crippen LogP contribution is -2.18. The predicted molar refractivity (Wildman–Crippen MR) is 48.6 cm³/mol. The average Bonchev–Trinajstić information content (AvgIpc) is 2.35. The van der Waals surface area contributed by atoms with Crippen LogP contribution in [-0.2, 0) is 0 Å². The summed E-state index contributed by atoms with van der Waals surface area (Å²) in [6.45, 7) is 0. The van der Waals surface area contributed by atoms with Crippen LogP contribution in [0.2, 0.25) is 0 Å². The molecule has 5 N–H and O–H groups in total. The van der Waals surface area contributed by atoms with Gasteiger partial charge in [0.2, 0.25) is 5.96 Å². The molecule has 1 heterocycles. The van der Waals surface area contributed by atoms with Crippen LogP contribution in [0.25, 0.3) is 0 Å². The fourth-order valence-corrected chi connectivity index (χ4v) is 0.609. The fraction of sp³-hybridized carbons (Fsp3) is 0. The minimum atomic E-state index is -0.334. The van der Waals surface area contributed by atoms with Crippen LogP contribution in [0.3, 0.4) is 0 Å². The van der Waals surface area contributed by atoms with Gasteiger partial charge in [-0.15, -0.1) is 12.4 Å². The molecule has 12 heavy (non-hydrogen) atoms. The molecule has 0 bridgehead atoms. The van der Waals surface area contributed by atoms with Gasteiger partial charge in [-0.2, -0.15) is 4.99 Å². The van der Waals surface area contributed by atoms with Gasteiger partial charge in [0.15, 0.2) is 11.6 Å². The summed E-state index contributed by atoms with van der Waals surface area (Å²) in [6, 6.07) is 3.32. The van der Waals surface area contributed by atoms with E-state index in [1.165, 1.54) is 6.26 Å². The molecule has 6 heteroatoms. The molecule has 0 spiro atoms. The maximum atomic E-state index is 6.80. The van der Waals surface area contributed by atoms with Gasteiger partial charge in [-0.1, -0.05) is 0 Å². The van der Waals surface area contributed by atoms with Crippen LogP contribution in [0.1, 0.15) is 5.76 Å². The quantitative estimate of drug-likeness (QED) is 0.436. The molecule has 0 amide bonds. The van der Waals surface area contributed by atoms with Gasteiger partial charge in [-0.3, -0.25) is 5.41 Å². The highest BCUT2D eigenvalue weighted by Crippen LogP contribution is 1.98. The molecule has 0 saturated heterocycles. The summed E-state index contributed by atoms with van der Waals surface area (Å²) in [6.07, 6.45) is 1.47. The van der Waals surface area contributed by atoms with E-state index in [1.807, 2.05) is 0 Å². The monoisotopic (exact) mass is 188 g/mol. The van der Waals surface area contributed by atoms with Crippen molar-refractivity contribution in [3.05, 3.63) is 24.2 Å². The Hall–Kier alpha value is -1.49. The lowest BCUT2D eigenvalue weighted by molar-refractivity contribution is 0.557. The first-order valence-electron chi connectivity index (χ1n) is 2.92. The Labute approximate surface area is 75.4 Å². The van der Waals surface area contributed by atoms with E-state index in [1.54, 1.807) is 12.1 Å². The van der Waals surface area contributed by atoms with Crippen molar-refractivity contribution in [2.45, 2.75) is 0 Å². The summed E-state index contributed by atoms with van der Waals surface area (Å²) >= 11 is 0. The van der Waals surface area contributed by atoms with Crippen LogP contribution < -0.4 is 11.5 Å². The Bertz CT molecular complexity index is 280. The number of guanidine groups is 1. The van der Waals surface area contributed by atoms with Crippen LogP contribution in [0, 0.1) is 5.41 Å². The molecule has 0 saturated carbocycles. The van der Waals surface area contributed by atoms with Gasteiger partial charge < -0.3 is 15.9 Å². The topological polar surface area (TPSA) is 101 Å². The standard InChI is InChI=1S/C6H8N4O.ClH/c7-5(10-6(8)9)4-2-1-3-11-4;/h1-3H,(H5,7,8,9,10);1H. The van der Waals surface area contributed by atoms with Gasteiger partial charge in [0.05, 0.1) is 6.26 Å². The van der Waals surface area contributed by atoms with Gasteiger partial charge in [-0.05, 0) is 12.1 Å². The molecule has 0 unspecified atom stereocenters. The maximum absolute atomic E-state index is 6.80. The third-order valence-electron chi connectivity index (χ3n) is 1.01. The Balaban J connectivity index is 0.00000121. The highest BCUT2D eigenvalue weighted by molar-refractivity contribution is 6.01. The number of nitrogens with two attached hydrogens (primary N) is 2. The summed E-state index contributed by atoms with van der Waals surface area (Å²) in [5, 5.41) is 6.80. The normalized spacial score (nSPS) is 10.5. The van der Waals surface area contributed by atoms with Crippen LogP contribution in [0.4, 0.5) is 0 Å². The Morgan fingerprint density at radius 2 is 2.17 bits per heavy atom. The second kappa shape index (κ2) is 4.40. The van der Waals surface area contributed by atoms with Gasteiger partial charge in [0.1, 0.15) is 0 Å². The van der Waals surface area contributed by atoms with E-state index in [9.17, 15) is 0 Å². The van der Waals surface area contributed by atoms with Crippen LogP contribution in [0.15, 0.2) is 27.8 Å². The van der Waals surface area contributed by atoms with E-state index in [0.29, 0.717) is 5.76 Å². The van der Waals surface area contributed by atoms with E-state index in [2.05, 4.69) is 4.99 Å². The molecular formula is C6H9ClN4O.